The lowest BCUT2D eigenvalue weighted by atomic mass is 9.77. The minimum Gasteiger partial charge on any atom is -0.486 e. The van der Waals surface area contributed by atoms with Crippen molar-refractivity contribution in [3.63, 3.8) is 0 Å². The molecule has 1 aromatic rings. The van der Waals surface area contributed by atoms with E-state index < -0.39 is 6.10 Å². The average molecular weight is 415 g/mol. The summed E-state index contributed by atoms with van der Waals surface area (Å²) in [4.78, 5) is 15.2. The highest BCUT2D eigenvalue weighted by molar-refractivity contribution is 5.79. The zero-order valence-corrected chi connectivity index (χ0v) is 17.7. The second-order valence-electron chi connectivity index (χ2n) is 9.68. The van der Waals surface area contributed by atoms with Crippen LogP contribution < -0.4 is 14.8 Å². The molecule has 0 radical (unpaired) electrons. The first kappa shape index (κ1) is 20.1. The normalized spacial score (nSPS) is 31.9. The molecule has 3 fully saturated rings. The van der Waals surface area contributed by atoms with Gasteiger partial charge in [-0.2, -0.15) is 0 Å². The molecule has 30 heavy (non-hydrogen) atoms. The minimum atomic E-state index is -0.423. The van der Waals surface area contributed by atoms with Gasteiger partial charge in [-0.1, -0.05) is 25.3 Å². The van der Waals surface area contributed by atoms with Crippen molar-refractivity contribution in [1.82, 2.24) is 10.2 Å². The zero-order chi connectivity index (χ0) is 20.5. The predicted molar refractivity (Wildman–Crippen MR) is 113 cm³/mol. The highest BCUT2D eigenvalue weighted by Gasteiger charge is 2.42. The Morgan fingerprint density at radius 2 is 1.77 bits per heavy atom. The number of aliphatic hydroxyl groups is 1. The van der Waals surface area contributed by atoms with Crippen LogP contribution in [0.15, 0.2) is 18.2 Å². The van der Waals surface area contributed by atoms with Crippen LogP contribution >= 0.6 is 0 Å². The van der Waals surface area contributed by atoms with Crippen LogP contribution in [0.25, 0.3) is 0 Å². The zero-order valence-electron chi connectivity index (χ0n) is 17.7. The highest BCUT2D eigenvalue weighted by Crippen LogP contribution is 2.38. The topological polar surface area (TPSA) is 71.0 Å². The summed E-state index contributed by atoms with van der Waals surface area (Å²) in [6.07, 6.45) is 6.83. The van der Waals surface area contributed by atoms with Gasteiger partial charge in [-0.25, -0.2) is 0 Å². The van der Waals surface area contributed by atoms with E-state index in [1.165, 1.54) is 12.0 Å². The molecule has 0 spiro atoms. The second-order valence-corrected chi connectivity index (χ2v) is 9.68. The molecule has 2 saturated carbocycles. The van der Waals surface area contributed by atoms with Crippen LogP contribution in [0.3, 0.4) is 0 Å². The van der Waals surface area contributed by atoms with E-state index in [2.05, 4.69) is 22.3 Å². The maximum atomic E-state index is 12.7. The smallest absolute Gasteiger partial charge is 0.223 e. The Kier molecular flexibility index (Phi) is 5.87. The summed E-state index contributed by atoms with van der Waals surface area (Å²) < 4.78 is 11.3. The van der Waals surface area contributed by atoms with Crippen molar-refractivity contribution in [2.24, 2.45) is 17.8 Å². The van der Waals surface area contributed by atoms with Crippen molar-refractivity contribution in [3.05, 3.63) is 23.8 Å². The molecule has 1 amide bonds. The van der Waals surface area contributed by atoms with Gasteiger partial charge in [0.25, 0.3) is 0 Å². The van der Waals surface area contributed by atoms with Crippen molar-refractivity contribution < 1.29 is 19.4 Å². The summed E-state index contributed by atoms with van der Waals surface area (Å²) in [5.74, 6) is 3.06. The Morgan fingerprint density at radius 3 is 2.57 bits per heavy atom. The van der Waals surface area contributed by atoms with E-state index in [9.17, 15) is 9.90 Å². The molecule has 1 saturated heterocycles. The number of likely N-dealkylation sites (tertiary alicyclic amines) is 1. The van der Waals surface area contributed by atoms with Crippen molar-refractivity contribution in [2.45, 2.75) is 63.6 Å². The van der Waals surface area contributed by atoms with Crippen molar-refractivity contribution >= 4 is 5.91 Å². The van der Waals surface area contributed by atoms with Crippen LogP contribution in [0, 0.1) is 17.8 Å². The number of nitrogens with zero attached hydrogens (tertiary/aromatic N) is 1. The Labute approximate surface area is 178 Å². The lowest BCUT2D eigenvalue weighted by molar-refractivity contribution is -0.128. The molecule has 6 heteroatoms. The minimum absolute atomic E-state index is 0.0880. The summed E-state index contributed by atoms with van der Waals surface area (Å²) >= 11 is 0. The summed E-state index contributed by atoms with van der Waals surface area (Å²) in [6, 6.07) is 6.14. The molecule has 1 aromatic carbocycles. The van der Waals surface area contributed by atoms with Crippen molar-refractivity contribution in [3.8, 4) is 11.5 Å². The van der Waals surface area contributed by atoms with Gasteiger partial charge >= 0.3 is 0 Å². The van der Waals surface area contributed by atoms with Crippen LogP contribution in [-0.2, 0) is 11.3 Å². The lowest BCUT2D eigenvalue weighted by Crippen LogP contribution is -2.51. The monoisotopic (exact) mass is 414 g/mol. The molecule has 5 rings (SSSR count). The van der Waals surface area contributed by atoms with Crippen LogP contribution in [0.5, 0.6) is 11.5 Å². The molecule has 2 aliphatic carbocycles. The van der Waals surface area contributed by atoms with Gasteiger partial charge in [0, 0.05) is 25.6 Å². The molecule has 6 nitrogen and oxygen atoms in total. The summed E-state index contributed by atoms with van der Waals surface area (Å²) in [6.45, 7) is 4.15. The Hall–Kier alpha value is -1.79. The van der Waals surface area contributed by atoms with Crippen LogP contribution in [-0.4, -0.2) is 54.4 Å². The van der Waals surface area contributed by atoms with E-state index in [1.54, 1.807) is 0 Å². The molecule has 0 bridgehead atoms. The molecule has 2 N–H and O–H groups in total. The molecular weight excluding hydrogens is 380 g/mol. The molecule has 4 aliphatic rings. The molecule has 0 aromatic heterocycles. The average Bonchev–Trinajstić information content (AvgIpc) is 3.15. The fourth-order valence-corrected chi connectivity index (χ4v) is 5.92. The predicted octanol–water partition coefficient (Wildman–Crippen LogP) is 2.73. The van der Waals surface area contributed by atoms with Crippen LogP contribution in [0.4, 0.5) is 0 Å². The number of carbonyl (C=O) groups excluding carboxylic acids is 1. The van der Waals surface area contributed by atoms with Crippen molar-refractivity contribution in [1.29, 1.82) is 0 Å². The largest absolute Gasteiger partial charge is 0.486 e. The molecular formula is C24H34N2O4. The van der Waals surface area contributed by atoms with Crippen molar-refractivity contribution in [2.75, 3.05) is 26.3 Å². The van der Waals surface area contributed by atoms with E-state index in [0.717, 1.165) is 69.7 Å². The van der Waals surface area contributed by atoms with Gasteiger partial charge in [-0.05, 0) is 55.2 Å². The third kappa shape index (κ3) is 4.30. The van der Waals surface area contributed by atoms with E-state index >= 15 is 0 Å². The summed E-state index contributed by atoms with van der Waals surface area (Å²) in [5, 5.41) is 13.9. The number of nitrogens with one attached hydrogen (secondary N) is 1. The standard InChI is InChI=1S/C24H34N2O4/c27-21-12-19-15-26(13-16-6-7-22-23(10-16)30-9-8-29-22)14-18(19)11-20(21)25-24(28)17-4-2-1-3-5-17/h6-7,10,17-21,27H,1-5,8-9,11-15H2,(H,25,28)/t18-,19+,20-,21-/m0/s1. The fraction of sp³-hybridized carbons (Fsp3) is 0.708. The van der Waals surface area contributed by atoms with Gasteiger partial charge < -0.3 is 19.9 Å². The summed E-state index contributed by atoms with van der Waals surface area (Å²) in [5.41, 5.74) is 1.24. The number of carbonyl (C=O) groups is 1. The van der Waals surface area contributed by atoms with E-state index in [1.807, 2.05) is 6.07 Å². The number of rotatable bonds is 4. The molecule has 2 aliphatic heterocycles. The Bertz CT molecular complexity index is 764. The fourth-order valence-electron chi connectivity index (χ4n) is 5.92. The number of hydrogen-bond donors (Lipinski definition) is 2. The third-order valence-electron chi connectivity index (χ3n) is 7.53. The number of fused-ring (bicyclic) bond motifs is 2. The number of aliphatic hydroxyl groups excluding tert-OH is 1. The van der Waals surface area contributed by atoms with Gasteiger partial charge in [0.1, 0.15) is 13.2 Å². The summed E-state index contributed by atoms with van der Waals surface area (Å²) in [7, 11) is 0. The van der Waals surface area contributed by atoms with E-state index in [0.29, 0.717) is 25.0 Å². The van der Waals surface area contributed by atoms with Gasteiger partial charge in [0.2, 0.25) is 5.91 Å². The van der Waals surface area contributed by atoms with Gasteiger partial charge in [-0.3, -0.25) is 9.69 Å². The third-order valence-corrected chi connectivity index (χ3v) is 7.53. The second kappa shape index (κ2) is 8.75. The quantitative estimate of drug-likeness (QED) is 0.793. The Morgan fingerprint density at radius 1 is 1.03 bits per heavy atom. The van der Waals surface area contributed by atoms with Gasteiger partial charge in [0.05, 0.1) is 12.1 Å². The number of hydrogen-bond acceptors (Lipinski definition) is 5. The number of amides is 1. The van der Waals surface area contributed by atoms with Gasteiger partial charge in [-0.15, -0.1) is 0 Å². The molecule has 4 atom stereocenters. The SMILES string of the molecule is O=C(N[C@H]1C[C@H]2CN(Cc3ccc4c(c3)OCCO4)C[C@H]2C[C@@H]1O)C1CCCCC1. The maximum absolute atomic E-state index is 12.7. The lowest BCUT2D eigenvalue weighted by Gasteiger charge is -2.36. The first-order valence-electron chi connectivity index (χ1n) is 11.7. The number of ether oxygens (including phenoxy) is 2. The maximum Gasteiger partial charge on any atom is 0.223 e. The highest BCUT2D eigenvalue weighted by atomic mass is 16.6. The molecule has 2 heterocycles. The van der Waals surface area contributed by atoms with E-state index in [-0.39, 0.29) is 17.9 Å². The van der Waals surface area contributed by atoms with Crippen LogP contribution in [0.1, 0.15) is 50.5 Å². The molecule has 164 valence electrons. The molecule has 0 unspecified atom stereocenters. The number of benzene rings is 1. The van der Waals surface area contributed by atoms with E-state index in [4.69, 9.17) is 9.47 Å². The Balaban J connectivity index is 1.17. The van der Waals surface area contributed by atoms with Crippen LogP contribution in [0.2, 0.25) is 0 Å². The first-order valence-corrected chi connectivity index (χ1v) is 11.7. The van der Waals surface area contributed by atoms with Gasteiger partial charge in [0.15, 0.2) is 11.5 Å². The first-order chi connectivity index (χ1) is 14.7.